The van der Waals surface area contributed by atoms with Gasteiger partial charge in [0, 0.05) is 24.4 Å². The van der Waals surface area contributed by atoms with Crippen LogP contribution in [0, 0.1) is 22.7 Å². The summed E-state index contributed by atoms with van der Waals surface area (Å²) in [5.41, 5.74) is -1.04. The van der Waals surface area contributed by atoms with Crippen LogP contribution < -0.4 is 0 Å². The van der Waals surface area contributed by atoms with Crippen molar-refractivity contribution >= 4 is 5.97 Å². The van der Waals surface area contributed by atoms with Crippen molar-refractivity contribution < 1.29 is 19.4 Å². The van der Waals surface area contributed by atoms with Crippen LogP contribution in [0.1, 0.15) is 47.0 Å². The average Bonchev–Trinajstić information content (AvgIpc) is 2.81. The van der Waals surface area contributed by atoms with Gasteiger partial charge >= 0.3 is 5.97 Å². The molecule has 6 atom stereocenters. The second-order valence-corrected chi connectivity index (χ2v) is 7.08. The number of carbonyl (C=O) groups is 1. The number of hydrogen-bond acceptors (Lipinski definition) is 4. The molecule has 19 heavy (non-hydrogen) atoms. The van der Waals surface area contributed by atoms with Crippen molar-refractivity contribution in [2.24, 2.45) is 22.7 Å². The summed E-state index contributed by atoms with van der Waals surface area (Å²) in [5.74, 6) is 0.263. The molecule has 4 heteroatoms. The molecule has 0 unspecified atom stereocenters. The Morgan fingerprint density at radius 2 is 2.05 bits per heavy atom. The van der Waals surface area contributed by atoms with Gasteiger partial charge in [0.1, 0.15) is 0 Å². The SMILES string of the molecule is C[C@@H]1CC[C@@]2(C)[C@H](C)[C@@]3(CCO)O[C@H](OC3=O)[C@@]12C. The standard InChI is InChI=1S/C15H24O4/c1-9-5-6-13(3)10(2)15(7-8-16)11(17)18-12(19-15)14(9,13)4/h9-10,12,16H,5-8H2,1-4H3/t9-,10+,12+,13+,14-,15-/m1/s1. The fraction of sp³-hybridized carbons (Fsp3) is 0.933. The number of hydrogen-bond donors (Lipinski definition) is 1. The number of carbonyl (C=O) groups excluding carboxylic acids is 1. The van der Waals surface area contributed by atoms with Gasteiger partial charge < -0.3 is 14.6 Å². The van der Waals surface area contributed by atoms with E-state index in [0.717, 1.165) is 12.8 Å². The second-order valence-electron chi connectivity index (χ2n) is 7.08. The monoisotopic (exact) mass is 268 g/mol. The maximum Gasteiger partial charge on any atom is 0.341 e. The Morgan fingerprint density at radius 1 is 1.37 bits per heavy atom. The summed E-state index contributed by atoms with van der Waals surface area (Å²) in [6.07, 6.45) is 2.12. The number of aliphatic hydroxyl groups is 1. The molecule has 2 saturated heterocycles. The Bertz CT molecular complexity index is 422. The lowest BCUT2D eigenvalue weighted by Crippen LogP contribution is -2.61. The van der Waals surface area contributed by atoms with E-state index in [2.05, 4.69) is 27.7 Å². The van der Waals surface area contributed by atoms with Gasteiger partial charge in [0.15, 0.2) is 5.60 Å². The van der Waals surface area contributed by atoms with Crippen molar-refractivity contribution in [3.8, 4) is 0 Å². The lowest BCUT2D eigenvalue weighted by Gasteiger charge is -2.55. The van der Waals surface area contributed by atoms with Crippen molar-refractivity contribution in [2.75, 3.05) is 6.61 Å². The lowest BCUT2D eigenvalue weighted by molar-refractivity contribution is -0.270. The zero-order valence-electron chi connectivity index (χ0n) is 12.2. The summed E-state index contributed by atoms with van der Waals surface area (Å²) >= 11 is 0. The van der Waals surface area contributed by atoms with E-state index < -0.39 is 11.9 Å². The van der Waals surface area contributed by atoms with Crippen LogP contribution >= 0.6 is 0 Å². The van der Waals surface area contributed by atoms with Crippen LogP contribution in [-0.4, -0.2) is 29.6 Å². The molecule has 1 aliphatic carbocycles. The Labute approximate surface area is 114 Å². The molecule has 0 amide bonds. The van der Waals surface area contributed by atoms with Crippen molar-refractivity contribution in [2.45, 2.75) is 58.8 Å². The molecule has 2 bridgehead atoms. The lowest BCUT2D eigenvalue weighted by atomic mass is 9.54. The molecule has 4 nitrogen and oxygen atoms in total. The van der Waals surface area contributed by atoms with E-state index in [9.17, 15) is 9.90 Å². The Kier molecular flexibility index (Phi) is 2.63. The molecular weight excluding hydrogens is 244 g/mol. The maximum absolute atomic E-state index is 12.3. The summed E-state index contributed by atoms with van der Waals surface area (Å²) in [7, 11) is 0. The average molecular weight is 268 g/mol. The molecule has 0 aromatic heterocycles. The van der Waals surface area contributed by atoms with Crippen molar-refractivity contribution in [1.82, 2.24) is 0 Å². The van der Waals surface area contributed by atoms with Gasteiger partial charge in [-0.15, -0.1) is 0 Å². The molecule has 0 spiro atoms. The summed E-state index contributed by atoms with van der Waals surface area (Å²) in [5, 5.41) is 9.32. The zero-order chi connectivity index (χ0) is 14.1. The Hall–Kier alpha value is -0.610. The molecule has 108 valence electrons. The second kappa shape index (κ2) is 3.73. The number of rotatable bonds is 2. The van der Waals surface area contributed by atoms with Crippen LogP contribution in [0.15, 0.2) is 0 Å². The summed E-state index contributed by atoms with van der Waals surface area (Å²) in [6.45, 7) is 8.74. The third kappa shape index (κ3) is 1.25. The predicted molar refractivity (Wildman–Crippen MR) is 69.2 cm³/mol. The molecule has 1 N–H and O–H groups in total. The summed E-state index contributed by atoms with van der Waals surface area (Å²) < 4.78 is 11.7. The van der Waals surface area contributed by atoms with Gasteiger partial charge in [-0.05, 0) is 24.2 Å². The molecule has 0 aromatic carbocycles. The maximum atomic E-state index is 12.3. The molecule has 3 rings (SSSR count). The molecule has 0 aromatic rings. The third-order valence-corrected chi connectivity index (χ3v) is 6.86. The van der Waals surface area contributed by atoms with E-state index in [1.54, 1.807) is 0 Å². The van der Waals surface area contributed by atoms with Gasteiger partial charge in [0.25, 0.3) is 0 Å². The minimum atomic E-state index is -0.933. The molecule has 2 heterocycles. The van der Waals surface area contributed by atoms with E-state index in [0.29, 0.717) is 12.3 Å². The molecule has 1 saturated carbocycles. The summed E-state index contributed by atoms with van der Waals surface area (Å²) in [6, 6.07) is 0. The van der Waals surface area contributed by atoms with Gasteiger partial charge in [-0.25, -0.2) is 4.79 Å². The van der Waals surface area contributed by atoms with Crippen LogP contribution in [-0.2, 0) is 14.3 Å². The highest BCUT2D eigenvalue weighted by molar-refractivity contribution is 5.82. The minimum Gasteiger partial charge on any atom is -0.433 e. The third-order valence-electron chi connectivity index (χ3n) is 6.86. The number of esters is 1. The van der Waals surface area contributed by atoms with E-state index in [1.165, 1.54) is 0 Å². The van der Waals surface area contributed by atoms with Crippen LogP contribution in [0.3, 0.4) is 0 Å². The van der Waals surface area contributed by atoms with Gasteiger partial charge in [-0.1, -0.05) is 27.7 Å². The highest BCUT2D eigenvalue weighted by Crippen LogP contribution is 2.69. The van der Waals surface area contributed by atoms with Crippen LogP contribution in [0.5, 0.6) is 0 Å². The van der Waals surface area contributed by atoms with Gasteiger partial charge in [0.05, 0.1) is 0 Å². The van der Waals surface area contributed by atoms with Crippen LogP contribution in [0.4, 0.5) is 0 Å². The quantitative estimate of drug-likeness (QED) is 0.779. The van der Waals surface area contributed by atoms with Gasteiger partial charge in [0.2, 0.25) is 6.29 Å². The molecule has 2 aliphatic heterocycles. The van der Waals surface area contributed by atoms with Crippen molar-refractivity contribution in [3.05, 3.63) is 0 Å². The number of ether oxygens (including phenoxy) is 2. The fourth-order valence-electron chi connectivity index (χ4n) is 4.87. The number of aliphatic hydroxyl groups excluding tert-OH is 1. The highest BCUT2D eigenvalue weighted by atomic mass is 16.8. The predicted octanol–water partition coefficient (Wildman–Crippen LogP) is 2.10. The normalized spacial score (nSPS) is 56.1. The number of fused-ring (bicyclic) bond motifs is 4. The van der Waals surface area contributed by atoms with Gasteiger partial charge in [-0.2, -0.15) is 0 Å². The first-order valence-electron chi connectivity index (χ1n) is 7.32. The minimum absolute atomic E-state index is 0.0245. The Balaban J connectivity index is 2.11. The molecular formula is C15H24O4. The van der Waals surface area contributed by atoms with E-state index >= 15 is 0 Å². The van der Waals surface area contributed by atoms with Crippen LogP contribution in [0.2, 0.25) is 0 Å². The summed E-state index contributed by atoms with van der Waals surface area (Å²) in [4.78, 5) is 12.3. The first-order chi connectivity index (χ1) is 8.83. The smallest absolute Gasteiger partial charge is 0.341 e. The van der Waals surface area contributed by atoms with Crippen molar-refractivity contribution in [1.29, 1.82) is 0 Å². The largest absolute Gasteiger partial charge is 0.433 e. The van der Waals surface area contributed by atoms with Crippen LogP contribution in [0.25, 0.3) is 0 Å². The van der Waals surface area contributed by atoms with E-state index in [1.807, 2.05) is 0 Å². The zero-order valence-corrected chi connectivity index (χ0v) is 12.2. The highest BCUT2D eigenvalue weighted by Gasteiger charge is 2.74. The van der Waals surface area contributed by atoms with Gasteiger partial charge in [-0.3, -0.25) is 0 Å². The molecule has 0 radical (unpaired) electrons. The topological polar surface area (TPSA) is 55.8 Å². The first kappa shape index (κ1) is 13.4. The van der Waals surface area contributed by atoms with E-state index in [-0.39, 0.29) is 29.3 Å². The Morgan fingerprint density at radius 3 is 2.68 bits per heavy atom. The first-order valence-corrected chi connectivity index (χ1v) is 7.32. The van der Waals surface area contributed by atoms with E-state index in [4.69, 9.17) is 9.47 Å². The fourth-order valence-corrected chi connectivity index (χ4v) is 4.87. The molecule has 3 aliphatic rings. The van der Waals surface area contributed by atoms with Crippen molar-refractivity contribution in [3.63, 3.8) is 0 Å². The molecule has 3 fully saturated rings.